The standard InChI is InChI=1S/C14H17BrN4O/c1-20-12-3-2-11(15)8-10(12)4-6-17-9-14-18-7-5-13(16)19-14/h2-3,5,7-8,17H,4,6,9H2,1H3,(H2,16,18,19). The number of ether oxygens (including phenoxy) is 1. The molecule has 1 heterocycles. The van der Waals surface area contributed by atoms with Crippen LogP contribution in [-0.4, -0.2) is 23.6 Å². The highest BCUT2D eigenvalue weighted by Gasteiger charge is 2.04. The fraction of sp³-hybridized carbons (Fsp3) is 0.286. The zero-order chi connectivity index (χ0) is 14.4. The summed E-state index contributed by atoms with van der Waals surface area (Å²) in [6, 6.07) is 7.67. The first-order chi connectivity index (χ1) is 9.69. The molecule has 0 aliphatic rings. The van der Waals surface area contributed by atoms with E-state index in [4.69, 9.17) is 10.5 Å². The molecule has 0 spiro atoms. The molecule has 0 amide bonds. The van der Waals surface area contributed by atoms with Crippen molar-refractivity contribution in [3.05, 3.63) is 46.3 Å². The maximum atomic E-state index is 5.61. The Morgan fingerprint density at radius 3 is 2.95 bits per heavy atom. The highest BCUT2D eigenvalue weighted by Crippen LogP contribution is 2.23. The van der Waals surface area contributed by atoms with E-state index >= 15 is 0 Å². The zero-order valence-electron chi connectivity index (χ0n) is 11.3. The van der Waals surface area contributed by atoms with Gasteiger partial charge in [-0.05, 0) is 42.8 Å². The predicted molar refractivity (Wildman–Crippen MR) is 82.5 cm³/mol. The number of anilines is 1. The molecule has 0 radical (unpaired) electrons. The molecule has 20 heavy (non-hydrogen) atoms. The molecule has 106 valence electrons. The molecule has 0 aliphatic carbocycles. The lowest BCUT2D eigenvalue weighted by Gasteiger charge is -2.09. The first kappa shape index (κ1) is 14.7. The molecule has 1 aromatic heterocycles. The van der Waals surface area contributed by atoms with E-state index in [0.29, 0.717) is 18.2 Å². The number of halogens is 1. The summed E-state index contributed by atoms with van der Waals surface area (Å²) in [5.41, 5.74) is 6.76. The summed E-state index contributed by atoms with van der Waals surface area (Å²) in [5, 5.41) is 3.30. The van der Waals surface area contributed by atoms with Gasteiger partial charge in [-0.2, -0.15) is 0 Å². The Hall–Kier alpha value is -1.66. The molecule has 6 heteroatoms. The maximum absolute atomic E-state index is 5.61. The Morgan fingerprint density at radius 1 is 1.35 bits per heavy atom. The minimum Gasteiger partial charge on any atom is -0.496 e. The average molecular weight is 337 g/mol. The monoisotopic (exact) mass is 336 g/mol. The minimum absolute atomic E-state index is 0.491. The molecule has 0 aliphatic heterocycles. The second kappa shape index (κ2) is 7.21. The molecule has 0 atom stereocenters. The van der Waals surface area contributed by atoms with Crippen molar-refractivity contribution in [3.8, 4) is 5.75 Å². The molecular weight excluding hydrogens is 320 g/mol. The Labute approximate surface area is 126 Å². The van der Waals surface area contributed by atoms with Gasteiger partial charge in [-0.3, -0.25) is 0 Å². The highest BCUT2D eigenvalue weighted by atomic mass is 79.9. The lowest BCUT2D eigenvalue weighted by molar-refractivity contribution is 0.409. The fourth-order valence-electron chi connectivity index (χ4n) is 1.87. The van der Waals surface area contributed by atoms with Crippen molar-refractivity contribution in [3.63, 3.8) is 0 Å². The van der Waals surface area contributed by atoms with Gasteiger partial charge >= 0.3 is 0 Å². The van der Waals surface area contributed by atoms with Crippen LogP contribution in [0.15, 0.2) is 34.9 Å². The van der Waals surface area contributed by atoms with Crippen LogP contribution in [-0.2, 0) is 13.0 Å². The largest absolute Gasteiger partial charge is 0.496 e. The van der Waals surface area contributed by atoms with E-state index in [1.807, 2.05) is 12.1 Å². The van der Waals surface area contributed by atoms with Crippen LogP contribution < -0.4 is 15.8 Å². The number of hydrogen-bond donors (Lipinski definition) is 2. The number of benzene rings is 1. The number of nitrogens with two attached hydrogens (primary N) is 1. The van der Waals surface area contributed by atoms with Crippen LogP contribution in [0.1, 0.15) is 11.4 Å². The van der Waals surface area contributed by atoms with Gasteiger partial charge in [-0.1, -0.05) is 15.9 Å². The minimum atomic E-state index is 0.491. The van der Waals surface area contributed by atoms with Crippen molar-refractivity contribution < 1.29 is 4.74 Å². The van der Waals surface area contributed by atoms with Gasteiger partial charge in [-0.15, -0.1) is 0 Å². The lowest BCUT2D eigenvalue weighted by Crippen LogP contribution is -2.18. The van der Waals surface area contributed by atoms with Crippen molar-refractivity contribution in [2.45, 2.75) is 13.0 Å². The number of nitrogen functional groups attached to an aromatic ring is 1. The van der Waals surface area contributed by atoms with Crippen LogP contribution in [0.5, 0.6) is 5.75 Å². The summed E-state index contributed by atoms with van der Waals surface area (Å²) < 4.78 is 6.39. The Balaban J connectivity index is 1.85. The van der Waals surface area contributed by atoms with E-state index in [1.165, 1.54) is 0 Å². The predicted octanol–water partition coefficient (Wildman–Crippen LogP) is 2.16. The number of nitrogens with one attached hydrogen (secondary N) is 1. The van der Waals surface area contributed by atoms with Crippen LogP contribution in [0.2, 0.25) is 0 Å². The third-order valence-electron chi connectivity index (χ3n) is 2.82. The summed E-state index contributed by atoms with van der Waals surface area (Å²) in [4.78, 5) is 8.28. The average Bonchev–Trinajstić information content (AvgIpc) is 2.44. The lowest BCUT2D eigenvalue weighted by atomic mass is 10.1. The van der Waals surface area contributed by atoms with Crippen molar-refractivity contribution in [1.29, 1.82) is 0 Å². The maximum Gasteiger partial charge on any atom is 0.144 e. The van der Waals surface area contributed by atoms with Crippen LogP contribution in [0.3, 0.4) is 0 Å². The van der Waals surface area contributed by atoms with Gasteiger partial charge in [0.1, 0.15) is 17.4 Å². The second-order valence-electron chi connectivity index (χ2n) is 4.28. The Bertz CT molecular complexity index is 577. The summed E-state index contributed by atoms with van der Waals surface area (Å²) >= 11 is 3.47. The molecule has 2 aromatic rings. The van der Waals surface area contributed by atoms with Crippen LogP contribution in [0.4, 0.5) is 5.82 Å². The van der Waals surface area contributed by atoms with Gasteiger partial charge in [0.15, 0.2) is 0 Å². The van der Waals surface area contributed by atoms with E-state index in [9.17, 15) is 0 Å². The highest BCUT2D eigenvalue weighted by molar-refractivity contribution is 9.10. The molecule has 0 saturated heterocycles. The number of aromatic nitrogens is 2. The molecule has 0 bridgehead atoms. The first-order valence-corrected chi connectivity index (χ1v) is 7.09. The van der Waals surface area contributed by atoms with Gasteiger partial charge in [0.25, 0.3) is 0 Å². The second-order valence-corrected chi connectivity index (χ2v) is 5.20. The van der Waals surface area contributed by atoms with E-state index < -0.39 is 0 Å². The Morgan fingerprint density at radius 2 is 2.20 bits per heavy atom. The molecule has 0 fully saturated rings. The van der Waals surface area contributed by atoms with Crippen LogP contribution in [0, 0.1) is 0 Å². The SMILES string of the molecule is COc1ccc(Br)cc1CCNCc1nccc(N)n1. The van der Waals surface area contributed by atoms with Crippen molar-refractivity contribution in [2.75, 3.05) is 19.4 Å². The molecular formula is C14H17BrN4O. The molecule has 0 unspecified atom stereocenters. The normalized spacial score (nSPS) is 10.5. The van der Waals surface area contributed by atoms with E-state index in [0.717, 1.165) is 28.8 Å². The van der Waals surface area contributed by atoms with Gasteiger partial charge < -0.3 is 15.8 Å². The third kappa shape index (κ3) is 4.18. The quantitative estimate of drug-likeness (QED) is 0.791. The summed E-state index contributed by atoms with van der Waals surface area (Å²) in [6.45, 7) is 1.41. The van der Waals surface area contributed by atoms with Gasteiger partial charge in [-0.25, -0.2) is 9.97 Å². The van der Waals surface area contributed by atoms with E-state index in [-0.39, 0.29) is 0 Å². The molecule has 1 aromatic carbocycles. The number of rotatable bonds is 6. The topological polar surface area (TPSA) is 73.1 Å². The third-order valence-corrected chi connectivity index (χ3v) is 3.32. The van der Waals surface area contributed by atoms with E-state index in [1.54, 1.807) is 19.4 Å². The van der Waals surface area contributed by atoms with Gasteiger partial charge in [0, 0.05) is 10.7 Å². The zero-order valence-corrected chi connectivity index (χ0v) is 12.9. The van der Waals surface area contributed by atoms with Crippen molar-refractivity contribution >= 4 is 21.7 Å². The van der Waals surface area contributed by atoms with Gasteiger partial charge in [0.2, 0.25) is 0 Å². The molecule has 2 rings (SSSR count). The number of nitrogens with zero attached hydrogens (tertiary/aromatic N) is 2. The van der Waals surface area contributed by atoms with Gasteiger partial charge in [0.05, 0.1) is 13.7 Å². The molecule has 5 nitrogen and oxygen atoms in total. The smallest absolute Gasteiger partial charge is 0.144 e. The Kier molecular flexibility index (Phi) is 5.31. The summed E-state index contributed by atoms with van der Waals surface area (Å²) in [5.74, 6) is 2.09. The fourth-order valence-corrected chi connectivity index (χ4v) is 2.27. The molecule has 0 saturated carbocycles. The first-order valence-electron chi connectivity index (χ1n) is 6.29. The number of methoxy groups -OCH3 is 1. The summed E-state index contributed by atoms with van der Waals surface area (Å²) in [6.07, 6.45) is 2.53. The summed E-state index contributed by atoms with van der Waals surface area (Å²) in [7, 11) is 1.68. The van der Waals surface area contributed by atoms with Crippen molar-refractivity contribution in [2.24, 2.45) is 0 Å². The van der Waals surface area contributed by atoms with E-state index in [2.05, 4.69) is 37.3 Å². The van der Waals surface area contributed by atoms with Crippen LogP contribution in [0.25, 0.3) is 0 Å². The van der Waals surface area contributed by atoms with Crippen molar-refractivity contribution in [1.82, 2.24) is 15.3 Å². The molecule has 3 N–H and O–H groups in total. The number of hydrogen-bond acceptors (Lipinski definition) is 5. The van der Waals surface area contributed by atoms with Crippen LogP contribution >= 0.6 is 15.9 Å².